The van der Waals surface area contributed by atoms with Crippen molar-refractivity contribution >= 4 is 23.3 Å². The van der Waals surface area contributed by atoms with Crippen LogP contribution >= 0.6 is 16.1 Å². The highest BCUT2D eigenvalue weighted by atomic mass is 79.9. The minimum absolute atomic E-state index is 0.183. The van der Waals surface area contributed by atoms with E-state index in [2.05, 4.69) is 53.8 Å². The second kappa shape index (κ2) is 3.59. The summed E-state index contributed by atoms with van der Waals surface area (Å²) in [5.74, 6) is 0. The van der Waals surface area contributed by atoms with Crippen molar-refractivity contribution in [3.63, 3.8) is 0 Å². The molecule has 0 aromatic heterocycles. The smallest absolute Gasteiger partial charge is 0.400 e. The van der Waals surface area contributed by atoms with Crippen molar-refractivity contribution in [1.82, 2.24) is 3.93 Å². The summed E-state index contributed by atoms with van der Waals surface area (Å²) in [4.78, 5) is 0. The minimum atomic E-state index is -0.238. The molecule has 0 amide bonds. The first-order valence-corrected chi connectivity index (χ1v) is 5.98. The first-order valence-electron chi connectivity index (χ1n) is 5.27. The third kappa shape index (κ3) is 2.03. The Bertz CT molecular complexity index is 288. The molecule has 15 heavy (non-hydrogen) atoms. The molecule has 0 N–H and O–H groups in total. The van der Waals surface area contributed by atoms with Crippen molar-refractivity contribution in [1.29, 1.82) is 0 Å². The molecule has 2 aliphatic rings. The topological polar surface area (TPSA) is 21.7 Å². The Morgan fingerprint density at radius 3 is 2.20 bits per heavy atom. The SMILES string of the molecule is CC1(C)OB(C2=CCN(Br)C2)OC1(C)C. The molecule has 0 aromatic rings. The lowest BCUT2D eigenvalue weighted by Crippen LogP contribution is -2.41. The molecule has 0 bridgehead atoms. The Morgan fingerprint density at radius 1 is 1.27 bits per heavy atom. The van der Waals surface area contributed by atoms with E-state index in [1.54, 1.807) is 0 Å². The van der Waals surface area contributed by atoms with Gasteiger partial charge in [0.05, 0.1) is 11.2 Å². The van der Waals surface area contributed by atoms with E-state index in [-0.39, 0.29) is 18.3 Å². The summed E-state index contributed by atoms with van der Waals surface area (Å²) < 4.78 is 14.0. The van der Waals surface area contributed by atoms with Gasteiger partial charge in [0.25, 0.3) is 0 Å². The molecule has 0 aromatic carbocycles. The van der Waals surface area contributed by atoms with Crippen LogP contribution in [0.25, 0.3) is 0 Å². The van der Waals surface area contributed by atoms with Crippen molar-refractivity contribution in [3.05, 3.63) is 11.5 Å². The van der Waals surface area contributed by atoms with E-state index < -0.39 is 0 Å². The monoisotopic (exact) mass is 273 g/mol. The molecule has 0 atom stereocenters. The molecule has 0 saturated carbocycles. The Kier molecular flexibility index (Phi) is 2.78. The summed E-state index contributed by atoms with van der Waals surface area (Å²) in [5, 5.41) is 0. The lowest BCUT2D eigenvalue weighted by Gasteiger charge is -2.32. The summed E-state index contributed by atoms with van der Waals surface area (Å²) in [6.45, 7) is 10.1. The standard InChI is InChI=1S/C10H17BBrNO2/c1-9(2)10(3,4)15-11(14-9)8-5-6-13(12)7-8/h5H,6-7H2,1-4H3. The molecule has 0 spiro atoms. The Hall–Kier alpha value is 0.165. The Labute approximate surface area is 100 Å². The number of rotatable bonds is 1. The van der Waals surface area contributed by atoms with Gasteiger partial charge in [-0.15, -0.1) is 0 Å². The van der Waals surface area contributed by atoms with E-state index in [0.29, 0.717) is 0 Å². The summed E-state index contributed by atoms with van der Waals surface area (Å²) in [6, 6.07) is 0. The van der Waals surface area contributed by atoms with Crippen LogP contribution in [-0.4, -0.2) is 35.3 Å². The summed E-state index contributed by atoms with van der Waals surface area (Å²) >= 11 is 3.45. The van der Waals surface area contributed by atoms with Crippen molar-refractivity contribution in [2.24, 2.45) is 0 Å². The zero-order valence-electron chi connectivity index (χ0n) is 9.71. The van der Waals surface area contributed by atoms with Gasteiger partial charge >= 0.3 is 7.12 Å². The molecular weight excluding hydrogens is 257 g/mol. The molecule has 2 rings (SSSR count). The van der Waals surface area contributed by atoms with E-state index >= 15 is 0 Å². The van der Waals surface area contributed by atoms with Crippen LogP contribution in [0.5, 0.6) is 0 Å². The highest BCUT2D eigenvalue weighted by molar-refractivity contribution is 9.07. The van der Waals surface area contributed by atoms with Crippen molar-refractivity contribution in [2.45, 2.75) is 38.9 Å². The van der Waals surface area contributed by atoms with Gasteiger partial charge in [-0.2, -0.15) is 0 Å². The lowest BCUT2D eigenvalue weighted by molar-refractivity contribution is 0.00578. The fraction of sp³-hybridized carbons (Fsp3) is 0.800. The van der Waals surface area contributed by atoms with Crippen LogP contribution in [-0.2, 0) is 9.31 Å². The van der Waals surface area contributed by atoms with E-state index in [4.69, 9.17) is 9.31 Å². The number of halogens is 1. The quantitative estimate of drug-likeness (QED) is 0.540. The first-order chi connectivity index (χ1) is 6.82. The molecule has 0 aliphatic carbocycles. The van der Waals surface area contributed by atoms with Gasteiger partial charge in [-0.1, -0.05) is 6.08 Å². The molecule has 1 fully saturated rings. The van der Waals surface area contributed by atoms with Gasteiger partial charge in [0.15, 0.2) is 0 Å². The maximum atomic E-state index is 5.96. The Morgan fingerprint density at radius 2 is 1.80 bits per heavy atom. The molecule has 84 valence electrons. The molecule has 0 unspecified atom stereocenters. The maximum Gasteiger partial charge on any atom is 0.491 e. The van der Waals surface area contributed by atoms with Crippen LogP contribution in [0.3, 0.4) is 0 Å². The molecule has 3 nitrogen and oxygen atoms in total. The van der Waals surface area contributed by atoms with Crippen LogP contribution in [0.15, 0.2) is 11.5 Å². The second-order valence-corrected chi connectivity index (χ2v) is 6.17. The van der Waals surface area contributed by atoms with Crippen LogP contribution in [0.4, 0.5) is 0 Å². The average molecular weight is 274 g/mol. The van der Waals surface area contributed by atoms with Gasteiger partial charge in [0.2, 0.25) is 0 Å². The summed E-state index contributed by atoms with van der Waals surface area (Å²) in [5.41, 5.74) is 0.738. The van der Waals surface area contributed by atoms with Gasteiger partial charge in [-0.25, -0.2) is 3.93 Å². The number of hydrogen-bond donors (Lipinski definition) is 0. The van der Waals surface area contributed by atoms with Crippen molar-refractivity contribution < 1.29 is 9.31 Å². The van der Waals surface area contributed by atoms with Crippen molar-refractivity contribution in [2.75, 3.05) is 13.1 Å². The van der Waals surface area contributed by atoms with Crippen LogP contribution < -0.4 is 0 Å². The minimum Gasteiger partial charge on any atom is -0.400 e. The number of nitrogens with zero attached hydrogens (tertiary/aromatic N) is 1. The predicted molar refractivity (Wildman–Crippen MR) is 64.7 cm³/mol. The molecule has 2 heterocycles. The molecule has 0 radical (unpaired) electrons. The van der Waals surface area contributed by atoms with Gasteiger partial charge in [0, 0.05) is 29.2 Å². The zero-order valence-corrected chi connectivity index (χ0v) is 11.3. The third-order valence-electron chi connectivity index (χ3n) is 3.46. The second-order valence-electron chi connectivity index (χ2n) is 5.17. The fourth-order valence-electron chi connectivity index (χ4n) is 1.71. The van der Waals surface area contributed by atoms with Gasteiger partial charge in [-0.3, -0.25) is 0 Å². The molecule has 5 heteroatoms. The highest BCUT2D eigenvalue weighted by Crippen LogP contribution is 2.39. The lowest BCUT2D eigenvalue weighted by atomic mass is 9.79. The van der Waals surface area contributed by atoms with Gasteiger partial charge in [0.1, 0.15) is 0 Å². The predicted octanol–water partition coefficient (Wildman–Crippen LogP) is 2.17. The zero-order chi connectivity index (χ0) is 11.3. The van der Waals surface area contributed by atoms with Crippen LogP contribution in [0.2, 0.25) is 0 Å². The third-order valence-corrected chi connectivity index (χ3v) is 4.00. The van der Waals surface area contributed by atoms with E-state index in [9.17, 15) is 0 Å². The van der Waals surface area contributed by atoms with Crippen LogP contribution in [0.1, 0.15) is 27.7 Å². The summed E-state index contributed by atoms with van der Waals surface area (Å²) in [7, 11) is -0.183. The molecule has 1 saturated heterocycles. The van der Waals surface area contributed by atoms with E-state index in [1.807, 2.05) is 0 Å². The maximum absolute atomic E-state index is 5.96. The highest BCUT2D eigenvalue weighted by Gasteiger charge is 2.52. The van der Waals surface area contributed by atoms with E-state index in [1.165, 1.54) is 5.47 Å². The first kappa shape index (κ1) is 11.6. The van der Waals surface area contributed by atoms with Gasteiger partial charge in [-0.05, 0) is 33.2 Å². The molecule has 2 aliphatic heterocycles. The fourth-order valence-corrected chi connectivity index (χ4v) is 2.14. The normalized spacial score (nSPS) is 29.7. The average Bonchev–Trinajstić information content (AvgIpc) is 2.56. The van der Waals surface area contributed by atoms with Gasteiger partial charge < -0.3 is 9.31 Å². The number of hydrogen-bond acceptors (Lipinski definition) is 3. The van der Waals surface area contributed by atoms with Crippen LogP contribution in [0, 0.1) is 0 Å². The van der Waals surface area contributed by atoms with E-state index in [0.717, 1.165) is 13.1 Å². The largest absolute Gasteiger partial charge is 0.491 e. The van der Waals surface area contributed by atoms with Crippen molar-refractivity contribution in [3.8, 4) is 0 Å². The molecular formula is C10H17BBrNO2. The summed E-state index contributed by atoms with van der Waals surface area (Å²) in [6.07, 6.45) is 2.16. The Balaban J connectivity index is 2.10.